The number of carboxylic acid groups (broad SMARTS) is 2. The number of hydrogen-bond donors (Lipinski definition) is 2. The molecular formula is C25H24O5. The van der Waals surface area contributed by atoms with Gasteiger partial charge in [0.1, 0.15) is 11.3 Å². The largest absolute Gasteiger partial charge is 0.496 e. The van der Waals surface area contributed by atoms with E-state index in [0.717, 1.165) is 36.8 Å². The van der Waals surface area contributed by atoms with Crippen molar-refractivity contribution in [3.8, 4) is 5.75 Å². The minimum absolute atomic E-state index is 0.166. The van der Waals surface area contributed by atoms with Gasteiger partial charge in [0.05, 0.1) is 12.7 Å². The summed E-state index contributed by atoms with van der Waals surface area (Å²) in [5, 5.41) is 18.2. The van der Waals surface area contributed by atoms with Gasteiger partial charge in [0.25, 0.3) is 0 Å². The van der Waals surface area contributed by atoms with E-state index in [4.69, 9.17) is 9.84 Å². The summed E-state index contributed by atoms with van der Waals surface area (Å²) in [6.07, 6.45) is 3.35. The standard InChI is InChI=1S/C25H24O5/c1-30-23-16-20(11-14-22(23)25(28)29)8-7-19-4-2-3-18(15-19)6-5-17-9-12-21(13-10-17)24(26)27/h2-4,9-16H,5-8H2,1H3,(H,26,27)(H,28,29). The fraction of sp³-hybridized carbons (Fsp3) is 0.200. The van der Waals surface area contributed by atoms with Crippen LogP contribution < -0.4 is 4.74 Å². The van der Waals surface area contributed by atoms with Crippen molar-refractivity contribution in [3.05, 3.63) is 100 Å². The third-order valence-electron chi connectivity index (χ3n) is 5.09. The summed E-state index contributed by atoms with van der Waals surface area (Å²) >= 11 is 0. The van der Waals surface area contributed by atoms with E-state index in [1.54, 1.807) is 24.3 Å². The Balaban J connectivity index is 1.60. The number of carboxylic acids is 2. The minimum Gasteiger partial charge on any atom is -0.496 e. The van der Waals surface area contributed by atoms with Gasteiger partial charge in [-0.05, 0) is 72.2 Å². The molecule has 30 heavy (non-hydrogen) atoms. The lowest BCUT2D eigenvalue weighted by molar-refractivity contribution is 0.0684. The number of aryl methyl sites for hydroxylation is 4. The second-order valence-corrected chi connectivity index (χ2v) is 7.16. The van der Waals surface area contributed by atoms with E-state index in [1.807, 2.05) is 24.3 Å². The minimum atomic E-state index is -0.997. The van der Waals surface area contributed by atoms with Crippen molar-refractivity contribution in [1.82, 2.24) is 0 Å². The molecule has 0 aromatic heterocycles. The van der Waals surface area contributed by atoms with Gasteiger partial charge >= 0.3 is 11.9 Å². The molecule has 5 heteroatoms. The van der Waals surface area contributed by atoms with Crippen LogP contribution in [-0.2, 0) is 25.7 Å². The van der Waals surface area contributed by atoms with Crippen LogP contribution in [0.4, 0.5) is 0 Å². The zero-order chi connectivity index (χ0) is 21.5. The fourth-order valence-corrected chi connectivity index (χ4v) is 3.40. The number of rotatable bonds is 9. The Hall–Kier alpha value is -3.60. The molecule has 154 valence electrons. The number of carbonyl (C=O) groups is 2. The Morgan fingerprint density at radius 2 is 1.23 bits per heavy atom. The first-order valence-electron chi connectivity index (χ1n) is 9.76. The van der Waals surface area contributed by atoms with Crippen molar-refractivity contribution in [2.24, 2.45) is 0 Å². The average Bonchev–Trinajstić information content (AvgIpc) is 2.76. The molecule has 0 radical (unpaired) electrons. The van der Waals surface area contributed by atoms with Crippen LogP contribution in [0.1, 0.15) is 43.0 Å². The van der Waals surface area contributed by atoms with Crippen molar-refractivity contribution >= 4 is 11.9 Å². The van der Waals surface area contributed by atoms with Gasteiger partial charge in [-0.2, -0.15) is 0 Å². The molecule has 5 nitrogen and oxygen atoms in total. The third-order valence-corrected chi connectivity index (χ3v) is 5.09. The molecule has 0 saturated heterocycles. The highest BCUT2D eigenvalue weighted by atomic mass is 16.5. The Morgan fingerprint density at radius 3 is 1.77 bits per heavy atom. The number of hydrogen-bond acceptors (Lipinski definition) is 3. The molecular weight excluding hydrogens is 380 g/mol. The number of methoxy groups -OCH3 is 1. The van der Waals surface area contributed by atoms with Gasteiger partial charge < -0.3 is 14.9 Å². The topological polar surface area (TPSA) is 83.8 Å². The van der Waals surface area contributed by atoms with Crippen LogP contribution in [0.5, 0.6) is 5.75 Å². The highest BCUT2D eigenvalue weighted by Crippen LogP contribution is 2.21. The van der Waals surface area contributed by atoms with Gasteiger partial charge in [0.2, 0.25) is 0 Å². The summed E-state index contributed by atoms with van der Waals surface area (Å²) in [5.41, 5.74) is 5.05. The number of benzene rings is 3. The molecule has 0 unspecified atom stereocenters. The summed E-state index contributed by atoms with van der Waals surface area (Å²) < 4.78 is 5.20. The van der Waals surface area contributed by atoms with Crippen LogP contribution in [0, 0.1) is 0 Å². The molecule has 3 rings (SSSR count). The van der Waals surface area contributed by atoms with Crippen molar-refractivity contribution in [3.63, 3.8) is 0 Å². The van der Waals surface area contributed by atoms with E-state index >= 15 is 0 Å². The first-order chi connectivity index (χ1) is 14.5. The number of aromatic carboxylic acids is 2. The predicted octanol–water partition coefficient (Wildman–Crippen LogP) is 4.66. The molecule has 0 atom stereocenters. The van der Waals surface area contributed by atoms with Crippen LogP contribution in [0.2, 0.25) is 0 Å². The lowest BCUT2D eigenvalue weighted by Crippen LogP contribution is -2.02. The molecule has 3 aromatic rings. The van der Waals surface area contributed by atoms with Crippen molar-refractivity contribution < 1.29 is 24.5 Å². The molecule has 3 aromatic carbocycles. The van der Waals surface area contributed by atoms with Gasteiger partial charge in [0, 0.05) is 0 Å². The highest BCUT2D eigenvalue weighted by Gasteiger charge is 2.11. The van der Waals surface area contributed by atoms with E-state index in [0.29, 0.717) is 11.3 Å². The fourth-order valence-electron chi connectivity index (χ4n) is 3.40. The van der Waals surface area contributed by atoms with Gasteiger partial charge in [0.15, 0.2) is 0 Å². The highest BCUT2D eigenvalue weighted by molar-refractivity contribution is 5.91. The number of ether oxygens (including phenoxy) is 1. The smallest absolute Gasteiger partial charge is 0.339 e. The second-order valence-electron chi connectivity index (χ2n) is 7.16. The first kappa shape index (κ1) is 21.1. The summed E-state index contributed by atoms with van der Waals surface area (Å²) in [7, 11) is 1.48. The monoisotopic (exact) mass is 404 g/mol. The van der Waals surface area contributed by atoms with E-state index in [9.17, 15) is 14.7 Å². The molecule has 0 fully saturated rings. The van der Waals surface area contributed by atoms with Gasteiger partial charge in [-0.25, -0.2) is 9.59 Å². The van der Waals surface area contributed by atoms with Crippen LogP contribution in [0.15, 0.2) is 66.7 Å². The summed E-state index contributed by atoms with van der Waals surface area (Å²) in [4.78, 5) is 22.2. The molecule has 0 saturated carbocycles. The molecule has 0 heterocycles. The third kappa shape index (κ3) is 5.47. The van der Waals surface area contributed by atoms with E-state index in [-0.39, 0.29) is 5.56 Å². The van der Waals surface area contributed by atoms with Crippen molar-refractivity contribution in [2.75, 3.05) is 7.11 Å². The molecule has 0 amide bonds. The Bertz CT molecular complexity index is 1040. The van der Waals surface area contributed by atoms with E-state index in [1.165, 1.54) is 18.2 Å². The zero-order valence-corrected chi connectivity index (χ0v) is 16.8. The van der Waals surface area contributed by atoms with Gasteiger partial charge in [-0.15, -0.1) is 0 Å². The van der Waals surface area contributed by atoms with Crippen LogP contribution in [0.25, 0.3) is 0 Å². The predicted molar refractivity (Wildman–Crippen MR) is 115 cm³/mol. The normalized spacial score (nSPS) is 10.6. The maximum absolute atomic E-state index is 11.2. The Labute approximate surface area is 175 Å². The quantitative estimate of drug-likeness (QED) is 0.542. The van der Waals surface area contributed by atoms with E-state index in [2.05, 4.69) is 18.2 Å². The van der Waals surface area contributed by atoms with Crippen molar-refractivity contribution in [1.29, 1.82) is 0 Å². The maximum Gasteiger partial charge on any atom is 0.339 e. The Morgan fingerprint density at radius 1 is 0.700 bits per heavy atom. The van der Waals surface area contributed by atoms with Crippen LogP contribution >= 0.6 is 0 Å². The lowest BCUT2D eigenvalue weighted by atomic mass is 9.98. The zero-order valence-electron chi connectivity index (χ0n) is 16.8. The average molecular weight is 404 g/mol. The van der Waals surface area contributed by atoms with Gasteiger partial charge in [-0.3, -0.25) is 0 Å². The molecule has 0 aliphatic heterocycles. The lowest BCUT2D eigenvalue weighted by Gasteiger charge is -2.09. The maximum atomic E-state index is 11.2. The summed E-state index contributed by atoms with van der Waals surface area (Å²) in [6, 6.07) is 20.6. The first-order valence-corrected chi connectivity index (χ1v) is 9.76. The summed E-state index contributed by atoms with van der Waals surface area (Å²) in [6.45, 7) is 0. The van der Waals surface area contributed by atoms with Crippen LogP contribution in [0.3, 0.4) is 0 Å². The SMILES string of the molecule is COc1cc(CCc2cccc(CCc3ccc(C(=O)O)cc3)c2)ccc1C(=O)O. The Kier molecular flexibility index (Phi) is 6.86. The molecule has 0 bridgehead atoms. The molecule has 2 N–H and O–H groups in total. The molecule has 0 aliphatic rings. The summed E-state index contributed by atoms with van der Waals surface area (Å²) in [5.74, 6) is -1.53. The molecule has 0 aliphatic carbocycles. The van der Waals surface area contributed by atoms with Gasteiger partial charge in [-0.1, -0.05) is 42.5 Å². The van der Waals surface area contributed by atoms with Crippen LogP contribution in [-0.4, -0.2) is 29.3 Å². The second kappa shape index (κ2) is 9.74. The molecule has 0 spiro atoms. The van der Waals surface area contributed by atoms with Crippen molar-refractivity contribution in [2.45, 2.75) is 25.7 Å². The van der Waals surface area contributed by atoms with E-state index < -0.39 is 11.9 Å².